The first-order valence-electron chi connectivity index (χ1n) is 12.6. The summed E-state index contributed by atoms with van der Waals surface area (Å²) < 4.78 is 25.3. The van der Waals surface area contributed by atoms with Crippen LogP contribution in [0.1, 0.15) is 32.3 Å². The SMILES string of the molecule is CN(C)C1CCN(C2C=CC(c3c(F)cc4ncc5c6c4c3OCC(C)(C)n6c(=O)n5C)=CN2)CC1. The van der Waals surface area contributed by atoms with Gasteiger partial charge in [0, 0.05) is 44.0 Å². The molecule has 0 spiro atoms. The van der Waals surface area contributed by atoms with Gasteiger partial charge >= 0.3 is 5.69 Å². The Balaban J connectivity index is 1.42. The molecule has 0 bridgehead atoms. The summed E-state index contributed by atoms with van der Waals surface area (Å²) in [5.41, 5.74) is 2.28. The van der Waals surface area contributed by atoms with Crippen LogP contribution < -0.4 is 15.7 Å². The molecule has 36 heavy (non-hydrogen) atoms. The van der Waals surface area contributed by atoms with Gasteiger partial charge in [-0.25, -0.2) is 9.18 Å². The van der Waals surface area contributed by atoms with Crippen LogP contribution in [0.4, 0.5) is 4.39 Å². The maximum atomic E-state index is 15.6. The van der Waals surface area contributed by atoms with E-state index in [1.165, 1.54) is 6.07 Å². The highest BCUT2D eigenvalue weighted by atomic mass is 19.1. The lowest BCUT2D eigenvalue weighted by atomic mass is 9.98. The Labute approximate surface area is 209 Å². The number of likely N-dealkylation sites (tertiary alicyclic amines) is 1. The molecular weight excluding hydrogens is 459 g/mol. The number of dihydropyridines is 1. The number of nitrogens with zero attached hydrogens (tertiary/aromatic N) is 5. The van der Waals surface area contributed by atoms with Crippen molar-refractivity contribution in [3.8, 4) is 5.75 Å². The Hall–Kier alpha value is -3.17. The molecule has 3 aromatic rings. The minimum atomic E-state index is -0.615. The largest absolute Gasteiger partial charge is 0.490 e. The summed E-state index contributed by atoms with van der Waals surface area (Å²) in [5, 5.41) is 4.15. The van der Waals surface area contributed by atoms with Gasteiger partial charge in [-0.1, -0.05) is 6.08 Å². The van der Waals surface area contributed by atoms with Crippen molar-refractivity contribution < 1.29 is 9.13 Å². The first-order valence-corrected chi connectivity index (χ1v) is 12.6. The van der Waals surface area contributed by atoms with Crippen molar-refractivity contribution in [1.82, 2.24) is 29.2 Å². The zero-order valence-electron chi connectivity index (χ0n) is 21.5. The fraction of sp³-hybridized carbons (Fsp3) is 0.481. The molecule has 190 valence electrons. The number of imidazole rings is 1. The first kappa shape index (κ1) is 23.2. The van der Waals surface area contributed by atoms with E-state index >= 15 is 4.39 Å². The van der Waals surface area contributed by atoms with Gasteiger partial charge in [-0.2, -0.15) is 0 Å². The van der Waals surface area contributed by atoms with Gasteiger partial charge in [0.15, 0.2) is 0 Å². The summed E-state index contributed by atoms with van der Waals surface area (Å²) in [6, 6.07) is 2.06. The van der Waals surface area contributed by atoms with E-state index in [0.717, 1.165) is 31.4 Å². The maximum Gasteiger partial charge on any atom is 0.329 e. The van der Waals surface area contributed by atoms with E-state index in [9.17, 15) is 4.79 Å². The van der Waals surface area contributed by atoms with E-state index in [2.05, 4.69) is 40.3 Å². The van der Waals surface area contributed by atoms with Gasteiger partial charge in [0.2, 0.25) is 0 Å². The number of benzene rings is 1. The molecule has 2 aromatic heterocycles. The van der Waals surface area contributed by atoms with E-state index < -0.39 is 11.4 Å². The number of aromatic nitrogens is 3. The lowest BCUT2D eigenvalue weighted by Gasteiger charge is -2.39. The molecule has 1 aromatic carbocycles. The summed E-state index contributed by atoms with van der Waals surface area (Å²) in [4.78, 5) is 22.4. The third-order valence-electron chi connectivity index (χ3n) is 8.04. The number of piperidine rings is 1. The highest BCUT2D eigenvalue weighted by molar-refractivity contribution is 6.08. The van der Waals surface area contributed by atoms with E-state index in [1.807, 2.05) is 26.1 Å². The van der Waals surface area contributed by atoms with Crippen LogP contribution in [0, 0.1) is 5.82 Å². The van der Waals surface area contributed by atoms with Crippen LogP contribution in [0.25, 0.3) is 27.5 Å². The van der Waals surface area contributed by atoms with Crippen molar-refractivity contribution in [1.29, 1.82) is 0 Å². The van der Waals surface area contributed by atoms with Gasteiger partial charge in [-0.05, 0) is 46.9 Å². The molecule has 8 nitrogen and oxygen atoms in total. The summed E-state index contributed by atoms with van der Waals surface area (Å²) in [5.74, 6) is 0.0489. The van der Waals surface area contributed by atoms with Crippen molar-refractivity contribution in [3.05, 3.63) is 52.5 Å². The quantitative estimate of drug-likeness (QED) is 0.607. The Morgan fingerprint density at radius 2 is 2.00 bits per heavy atom. The molecule has 1 saturated heterocycles. The molecule has 5 heterocycles. The van der Waals surface area contributed by atoms with Crippen molar-refractivity contribution in [3.63, 3.8) is 0 Å². The van der Waals surface area contributed by atoms with Crippen LogP contribution in [-0.4, -0.2) is 69.9 Å². The lowest BCUT2D eigenvalue weighted by molar-refractivity contribution is 0.117. The Bertz CT molecular complexity index is 1490. The number of hydrogen-bond acceptors (Lipinski definition) is 6. The third kappa shape index (κ3) is 3.40. The number of ether oxygens (including phenoxy) is 1. The topological polar surface area (TPSA) is 67.6 Å². The number of aryl methyl sites for hydroxylation is 1. The molecule has 0 amide bonds. The smallest absolute Gasteiger partial charge is 0.329 e. The standard InChI is InChI=1S/C27H33FN6O2/c1-27(2)15-36-25-22(16-6-7-21(30-13-16)33-10-8-17(9-11-33)31(3)4)18(28)12-19-23(25)24-20(14-29-19)32(5)26(35)34(24)27/h6-7,12-14,17,21,30H,8-11,15H2,1-5H3. The molecule has 6 rings (SSSR count). The zero-order chi connectivity index (χ0) is 25.4. The lowest BCUT2D eigenvalue weighted by Crippen LogP contribution is -2.50. The van der Waals surface area contributed by atoms with Crippen molar-refractivity contribution >= 4 is 27.5 Å². The second-order valence-corrected chi connectivity index (χ2v) is 11.0. The van der Waals surface area contributed by atoms with E-state index in [-0.39, 0.29) is 18.5 Å². The van der Waals surface area contributed by atoms with E-state index in [4.69, 9.17) is 4.74 Å². The fourth-order valence-electron chi connectivity index (χ4n) is 5.91. The van der Waals surface area contributed by atoms with Crippen LogP contribution in [0.15, 0.2) is 35.4 Å². The maximum absolute atomic E-state index is 15.6. The molecule has 9 heteroatoms. The first-order chi connectivity index (χ1) is 17.2. The van der Waals surface area contributed by atoms with Crippen LogP contribution in [-0.2, 0) is 12.6 Å². The van der Waals surface area contributed by atoms with Crippen molar-refractivity contribution in [2.75, 3.05) is 33.8 Å². The number of pyridine rings is 1. The third-order valence-corrected chi connectivity index (χ3v) is 8.04. The second-order valence-electron chi connectivity index (χ2n) is 11.0. The van der Waals surface area contributed by atoms with Gasteiger partial charge < -0.3 is 15.0 Å². The minimum absolute atomic E-state index is 0.0760. The highest BCUT2D eigenvalue weighted by Gasteiger charge is 2.35. The highest BCUT2D eigenvalue weighted by Crippen LogP contribution is 2.43. The van der Waals surface area contributed by atoms with Gasteiger partial charge in [0.05, 0.1) is 45.4 Å². The molecule has 0 radical (unpaired) electrons. The number of allylic oxidation sites excluding steroid dienone is 2. The van der Waals surface area contributed by atoms with Crippen molar-refractivity contribution in [2.45, 2.75) is 44.4 Å². The fourth-order valence-corrected chi connectivity index (χ4v) is 5.91. The zero-order valence-corrected chi connectivity index (χ0v) is 21.5. The van der Waals surface area contributed by atoms with Gasteiger partial charge in [0.25, 0.3) is 0 Å². The van der Waals surface area contributed by atoms with Crippen LogP contribution in [0.3, 0.4) is 0 Å². The molecule has 0 aliphatic carbocycles. The molecular formula is C27H33FN6O2. The molecule has 3 aliphatic rings. The minimum Gasteiger partial charge on any atom is -0.490 e. The van der Waals surface area contributed by atoms with E-state index in [0.29, 0.717) is 39.3 Å². The number of hydrogen-bond donors (Lipinski definition) is 1. The Kier molecular flexibility index (Phi) is 5.28. The van der Waals surface area contributed by atoms with Crippen LogP contribution >= 0.6 is 0 Å². The average Bonchev–Trinajstić information content (AvgIpc) is 3.05. The normalized spacial score (nSPS) is 22.2. The summed E-state index contributed by atoms with van der Waals surface area (Å²) in [7, 11) is 6.03. The molecule has 1 unspecified atom stereocenters. The van der Waals surface area contributed by atoms with Gasteiger partial charge in [-0.3, -0.25) is 19.0 Å². The second kappa shape index (κ2) is 8.18. The number of rotatable bonds is 3. The molecule has 1 fully saturated rings. The number of nitrogens with one attached hydrogen (secondary N) is 1. The summed E-state index contributed by atoms with van der Waals surface area (Å²) in [6.07, 6.45) is 9.94. The van der Waals surface area contributed by atoms with E-state index in [1.54, 1.807) is 22.4 Å². The molecule has 3 aliphatic heterocycles. The summed E-state index contributed by atoms with van der Waals surface area (Å²) >= 11 is 0. The monoisotopic (exact) mass is 492 g/mol. The number of halogens is 1. The molecule has 0 saturated carbocycles. The predicted molar refractivity (Wildman–Crippen MR) is 140 cm³/mol. The van der Waals surface area contributed by atoms with Gasteiger partial charge in [-0.15, -0.1) is 0 Å². The average molecular weight is 493 g/mol. The Morgan fingerprint density at radius 1 is 1.25 bits per heavy atom. The van der Waals surface area contributed by atoms with Crippen molar-refractivity contribution in [2.24, 2.45) is 7.05 Å². The predicted octanol–water partition coefficient (Wildman–Crippen LogP) is 3.01. The van der Waals surface area contributed by atoms with Crippen LogP contribution in [0.5, 0.6) is 5.75 Å². The van der Waals surface area contributed by atoms with Gasteiger partial charge in [0.1, 0.15) is 18.2 Å². The Morgan fingerprint density at radius 3 is 2.67 bits per heavy atom. The molecule has 1 atom stereocenters. The van der Waals surface area contributed by atoms with Crippen LogP contribution in [0.2, 0.25) is 0 Å². The summed E-state index contributed by atoms with van der Waals surface area (Å²) in [6.45, 7) is 6.19. The molecule has 1 N–H and O–H groups in total.